The van der Waals surface area contributed by atoms with Crippen molar-refractivity contribution in [2.75, 3.05) is 11.5 Å². The van der Waals surface area contributed by atoms with Crippen LogP contribution in [0.2, 0.25) is 0 Å². The fourth-order valence-electron chi connectivity index (χ4n) is 5.48. The Morgan fingerprint density at radius 1 is 0.477 bits per heavy atom. The first-order chi connectivity index (χ1) is 21.4. The maximum atomic E-state index is 15.1. The summed E-state index contributed by atoms with van der Waals surface area (Å²) in [6, 6.07) is 6.97. The number of hydrogen-bond acceptors (Lipinski definition) is 2. The minimum atomic E-state index is -2.15. The highest BCUT2D eigenvalue weighted by Crippen LogP contribution is 2.38. The summed E-state index contributed by atoms with van der Waals surface area (Å²) in [5.74, 6) is -9.09. The minimum absolute atomic E-state index is 0.369. The van der Waals surface area contributed by atoms with Crippen LogP contribution in [0.4, 0.5) is 22.0 Å². The molecule has 0 unspecified atom stereocenters. The van der Waals surface area contributed by atoms with E-state index in [1.807, 2.05) is 12.1 Å². The number of unbranched alkanes of at least 4 members (excludes halogenated alkanes) is 14. The Morgan fingerprint density at radius 2 is 0.818 bits per heavy atom. The van der Waals surface area contributed by atoms with Crippen molar-refractivity contribution in [2.24, 2.45) is 0 Å². The molecular weight excluding hydrogens is 608 g/mol. The van der Waals surface area contributed by atoms with Crippen molar-refractivity contribution in [3.05, 3.63) is 70.3 Å². The van der Waals surface area contributed by atoms with Crippen molar-refractivity contribution in [3.63, 3.8) is 0 Å². The molecule has 0 atom stereocenters. The smallest absolute Gasteiger partial charge is 0.200 e. The molecule has 0 amide bonds. The first-order valence-corrected chi connectivity index (χ1v) is 18.5. The number of aromatic amines is 2. The highest BCUT2D eigenvalue weighted by Gasteiger charge is 2.33. The largest absolute Gasteiger partial charge is 0.353 e. The highest BCUT2D eigenvalue weighted by molar-refractivity contribution is 7.99. The van der Waals surface area contributed by atoms with Crippen LogP contribution in [0, 0.1) is 29.1 Å². The van der Waals surface area contributed by atoms with Crippen LogP contribution in [-0.2, 0) is 0 Å². The second kappa shape index (κ2) is 20.3. The Hall–Kier alpha value is -1.87. The predicted octanol–water partition coefficient (Wildman–Crippen LogP) is 12.7. The van der Waals surface area contributed by atoms with Crippen LogP contribution < -0.4 is 0 Å². The number of rotatable bonds is 23. The van der Waals surface area contributed by atoms with E-state index in [1.54, 1.807) is 35.7 Å². The zero-order chi connectivity index (χ0) is 31.7. The molecule has 0 spiro atoms. The molecule has 1 aromatic carbocycles. The number of halogens is 5. The molecule has 0 radical (unpaired) electrons. The van der Waals surface area contributed by atoms with Gasteiger partial charge in [-0.3, -0.25) is 0 Å². The topological polar surface area (TPSA) is 31.6 Å². The molecule has 2 N–H and O–H groups in total. The monoisotopic (exact) mass is 656 g/mol. The number of aromatic nitrogens is 2. The van der Waals surface area contributed by atoms with E-state index in [0.717, 1.165) is 47.2 Å². The fraction of sp³-hybridized carbons (Fsp3) is 0.600. The van der Waals surface area contributed by atoms with Crippen LogP contribution in [-0.4, -0.2) is 21.5 Å². The molecule has 2 heterocycles. The van der Waals surface area contributed by atoms with Gasteiger partial charge in [-0.2, -0.15) is 0 Å². The normalized spacial score (nSPS) is 11.7. The lowest BCUT2D eigenvalue weighted by Crippen LogP contribution is -2.14. The van der Waals surface area contributed by atoms with E-state index in [2.05, 4.69) is 23.8 Å². The quantitative estimate of drug-likeness (QED) is 0.0350. The molecular formula is C35H49F5N2S2. The van der Waals surface area contributed by atoms with Gasteiger partial charge < -0.3 is 9.97 Å². The van der Waals surface area contributed by atoms with E-state index in [1.165, 1.54) is 77.0 Å². The van der Waals surface area contributed by atoms with Crippen molar-refractivity contribution >= 4 is 23.5 Å². The third-order valence-corrected chi connectivity index (χ3v) is 10.1. The van der Waals surface area contributed by atoms with Crippen molar-refractivity contribution in [2.45, 2.75) is 133 Å². The molecule has 0 aliphatic heterocycles. The Balaban J connectivity index is 1.66. The van der Waals surface area contributed by atoms with Crippen LogP contribution in [0.1, 0.15) is 139 Å². The highest BCUT2D eigenvalue weighted by atomic mass is 32.2. The molecule has 2 nitrogen and oxygen atoms in total. The summed E-state index contributed by atoms with van der Waals surface area (Å²) >= 11 is 3.20. The first kappa shape index (κ1) is 36.6. The molecule has 2 aromatic heterocycles. The van der Waals surface area contributed by atoms with Crippen LogP contribution in [0.25, 0.3) is 0 Å². The Morgan fingerprint density at radius 3 is 1.20 bits per heavy atom. The van der Waals surface area contributed by atoms with Gasteiger partial charge in [0.25, 0.3) is 0 Å². The number of H-pyrrole nitrogens is 2. The fourth-order valence-corrected chi connectivity index (χ4v) is 7.32. The maximum Gasteiger partial charge on any atom is 0.200 e. The molecule has 9 heteroatoms. The van der Waals surface area contributed by atoms with E-state index in [0.29, 0.717) is 11.4 Å². The number of nitrogens with one attached hydrogen (secondary N) is 2. The third-order valence-electron chi connectivity index (χ3n) is 8.03. The van der Waals surface area contributed by atoms with Crippen molar-refractivity contribution in [3.8, 4) is 0 Å². The zero-order valence-corrected chi connectivity index (χ0v) is 28.0. The van der Waals surface area contributed by atoms with Crippen LogP contribution >= 0.6 is 23.5 Å². The lowest BCUT2D eigenvalue weighted by atomic mass is 9.91. The lowest BCUT2D eigenvalue weighted by molar-refractivity contribution is 0.368. The minimum Gasteiger partial charge on any atom is -0.353 e. The van der Waals surface area contributed by atoms with Gasteiger partial charge in [0.05, 0.1) is 16.0 Å². The van der Waals surface area contributed by atoms with Gasteiger partial charge >= 0.3 is 0 Å². The van der Waals surface area contributed by atoms with E-state index in [9.17, 15) is 13.2 Å². The Kier molecular flexibility index (Phi) is 16.9. The van der Waals surface area contributed by atoms with Gasteiger partial charge in [-0.1, -0.05) is 104 Å². The summed E-state index contributed by atoms with van der Waals surface area (Å²) in [5, 5.41) is 1.60. The summed E-state index contributed by atoms with van der Waals surface area (Å²) in [6.07, 6.45) is 19.5. The van der Waals surface area contributed by atoms with E-state index in [-0.39, 0.29) is 0 Å². The molecule has 44 heavy (non-hydrogen) atoms. The standard InChI is InChI=1S/C35H49F5N2S2/c1-3-5-7-9-11-13-15-17-23-43-27-21-19-25(41-27)29(30-31(36)33(38)35(40)34(39)32(30)37)26-20-22-28(42-26)44-24-18-16-14-12-10-8-6-4-2/h19-22,29,41-42H,3-18,23-24H2,1-2H3. The summed E-state index contributed by atoms with van der Waals surface area (Å²) in [4.78, 5) is 6.40. The van der Waals surface area contributed by atoms with Crippen molar-refractivity contribution in [1.29, 1.82) is 0 Å². The second-order valence-corrected chi connectivity index (χ2v) is 13.9. The molecule has 3 aromatic rings. The molecule has 0 saturated carbocycles. The maximum absolute atomic E-state index is 15.1. The number of benzene rings is 1. The Labute approximate surface area is 269 Å². The van der Waals surface area contributed by atoms with Crippen molar-refractivity contribution in [1.82, 2.24) is 9.97 Å². The van der Waals surface area contributed by atoms with Crippen LogP contribution in [0.15, 0.2) is 34.3 Å². The van der Waals surface area contributed by atoms with Crippen molar-refractivity contribution < 1.29 is 22.0 Å². The van der Waals surface area contributed by atoms with Gasteiger partial charge in [-0.15, -0.1) is 23.5 Å². The molecule has 246 valence electrons. The Bertz CT molecular complexity index is 1150. The average Bonchev–Trinajstić information content (AvgIpc) is 3.69. The zero-order valence-electron chi connectivity index (χ0n) is 26.3. The SMILES string of the molecule is CCCCCCCCCCSc1ccc(C(c2ccc(SCCCCCCCCCC)[nH]2)c2c(F)c(F)c(F)c(F)c2F)[nH]1. The lowest BCUT2D eigenvalue weighted by Gasteiger charge is -2.18. The van der Waals surface area contributed by atoms with E-state index < -0.39 is 40.6 Å². The molecule has 0 aliphatic carbocycles. The summed E-state index contributed by atoms with van der Waals surface area (Å²) in [5.41, 5.74) is -0.120. The molecule has 0 bridgehead atoms. The van der Waals surface area contributed by atoms with Crippen LogP contribution in [0.5, 0.6) is 0 Å². The molecule has 3 rings (SSSR count). The summed E-state index contributed by atoms with van der Waals surface area (Å²) in [6.45, 7) is 4.42. The number of hydrogen-bond donors (Lipinski definition) is 2. The first-order valence-electron chi connectivity index (χ1n) is 16.5. The summed E-state index contributed by atoms with van der Waals surface area (Å²) in [7, 11) is 0. The van der Waals surface area contributed by atoms with Gasteiger partial charge in [0, 0.05) is 17.0 Å². The van der Waals surface area contributed by atoms with Gasteiger partial charge in [-0.25, -0.2) is 22.0 Å². The van der Waals surface area contributed by atoms with Gasteiger partial charge in [0.15, 0.2) is 23.3 Å². The van der Waals surface area contributed by atoms with Crippen LogP contribution in [0.3, 0.4) is 0 Å². The predicted molar refractivity (Wildman–Crippen MR) is 175 cm³/mol. The average molecular weight is 657 g/mol. The van der Waals surface area contributed by atoms with Gasteiger partial charge in [0.2, 0.25) is 5.82 Å². The molecule has 0 aliphatic rings. The molecule has 0 fully saturated rings. The second-order valence-electron chi connectivity index (χ2n) is 11.6. The number of thioether (sulfide) groups is 2. The third kappa shape index (κ3) is 11.2. The van der Waals surface area contributed by atoms with E-state index >= 15 is 8.78 Å². The molecule has 0 saturated heterocycles. The van der Waals surface area contributed by atoms with Gasteiger partial charge in [0.1, 0.15) is 0 Å². The summed E-state index contributed by atoms with van der Waals surface area (Å²) < 4.78 is 72.8. The van der Waals surface area contributed by atoms with E-state index in [4.69, 9.17) is 0 Å². The van der Waals surface area contributed by atoms with Gasteiger partial charge in [-0.05, 0) is 48.6 Å².